The van der Waals surface area contributed by atoms with E-state index < -0.39 is 23.5 Å². The zero-order valence-corrected chi connectivity index (χ0v) is 19.5. The molecule has 2 aromatic rings. The number of carbonyl (C=O) groups is 3. The van der Waals surface area contributed by atoms with Crippen LogP contribution in [0.4, 0.5) is 4.79 Å². The number of aliphatic carboxylic acids is 1. The highest BCUT2D eigenvalue weighted by atomic mass is 16.5. The molecule has 4 atom stereocenters. The van der Waals surface area contributed by atoms with Gasteiger partial charge in [-0.2, -0.15) is 0 Å². The lowest BCUT2D eigenvalue weighted by molar-refractivity contribution is -0.143. The summed E-state index contributed by atoms with van der Waals surface area (Å²) in [6, 6.07) is 15.5. The Morgan fingerprint density at radius 3 is 2.29 bits per heavy atom. The standard InChI is InChI=1S/C28H30N2O5/c31-25(32)24(11-16-9-10-16)30-26(33)28-13-17(28)12-18(14-28)29-27(34)35-15-23-21-7-3-1-5-19(21)20-6-2-4-8-22(20)23/h1-8,16-18,23-24H,9-15H2,(H,29,34)(H,30,33)(H,31,32)/t17-,18+,24?,28+/m0/s1. The second kappa shape index (κ2) is 8.40. The predicted octanol–water partition coefficient (Wildman–Crippen LogP) is 4.06. The smallest absolute Gasteiger partial charge is 0.407 e. The zero-order chi connectivity index (χ0) is 24.2. The van der Waals surface area contributed by atoms with Gasteiger partial charge < -0.3 is 20.5 Å². The number of rotatable bonds is 8. The van der Waals surface area contributed by atoms with Gasteiger partial charge in [-0.05, 0) is 59.8 Å². The lowest BCUT2D eigenvalue weighted by atomic mass is 9.98. The second-order valence-electron chi connectivity index (χ2n) is 10.7. The first-order chi connectivity index (χ1) is 16.9. The van der Waals surface area contributed by atoms with Crippen molar-refractivity contribution in [3.05, 3.63) is 59.7 Å². The van der Waals surface area contributed by atoms with Gasteiger partial charge in [0.15, 0.2) is 0 Å². The molecule has 3 saturated carbocycles. The van der Waals surface area contributed by atoms with Gasteiger partial charge in [0, 0.05) is 12.0 Å². The van der Waals surface area contributed by atoms with E-state index in [4.69, 9.17) is 4.74 Å². The molecule has 0 aromatic heterocycles. The molecule has 3 fully saturated rings. The quantitative estimate of drug-likeness (QED) is 0.535. The third-order valence-corrected chi connectivity index (χ3v) is 8.40. The Morgan fingerprint density at radius 2 is 1.66 bits per heavy atom. The number of hydrogen-bond donors (Lipinski definition) is 3. The Kier molecular flexibility index (Phi) is 5.31. The van der Waals surface area contributed by atoms with Gasteiger partial charge in [0.25, 0.3) is 0 Å². The van der Waals surface area contributed by atoms with Gasteiger partial charge in [0.2, 0.25) is 5.91 Å². The zero-order valence-electron chi connectivity index (χ0n) is 19.5. The van der Waals surface area contributed by atoms with Crippen LogP contribution in [0.5, 0.6) is 0 Å². The molecule has 4 aliphatic carbocycles. The topological polar surface area (TPSA) is 105 Å². The van der Waals surface area contributed by atoms with Gasteiger partial charge in [-0.1, -0.05) is 61.4 Å². The van der Waals surface area contributed by atoms with Crippen LogP contribution in [0, 0.1) is 17.3 Å². The molecule has 182 valence electrons. The van der Waals surface area contributed by atoms with E-state index in [2.05, 4.69) is 34.9 Å². The first-order valence-corrected chi connectivity index (χ1v) is 12.6. The van der Waals surface area contributed by atoms with Crippen LogP contribution in [0.25, 0.3) is 11.1 Å². The highest BCUT2D eigenvalue weighted by molar-refractivity contribution is 5.90. The normalized spacial score (nSPS) is 26.7. The van der Waals surface area contributed by atoms with E-state index in [1.165, 1.54) is 22.3 Å². The number of carboxylic acids is 1. The van der Waals surface area contributed by atoms with Crippen molar-refractivity contribution in [3.63, 3.8) is 0 Å². The summed E-state index contributed by atoms with van der Waals surface area (Å²) in [7, 11) is 0. The monoisotopic (exact) mass is 474 g/mol. The number of nitrogens with one attached hydrogen (secondary N) is 2. The molecule has 0 aliphatic heterocycles. The average molecular weight is 475 g/mol. The summed E-state index contributed by atoms with van der Waals surface area (Å²) in [5.41, 5.74) is 4.15. The van der Waals surface area contributed by atoms with E-state index in [1.807, 2.05) is 24.3 Å². The Labute approximate surface area is 204 Å². The van der Waals surface area contributed by atoms with E-state index in [0.717, 1.165) is 25.7 Å². The molecular formula is C28H30N2O5. The van der Waals surface area contributed by atoms with Crippen molar-refractivity contribution in [2.45, 2.75) is 56.5 Å². The van der Waals surface area contributed by atoms with E-state index in [1.54, 1.807) is 0 Å². The molecule has 7 nitrogen and oxygen atoms in total. The average Bonchev–Trinajstić information content (AvgIpc) is 3.74. The molecule has 0 heterocycles. The van der Waals surface area contributed by atoms with Crippen molar-refractivity contribution in [1.82, 2.24) is 10.6 Å². The molecule has 6 rings (SSSR count). The minimum atomic E-state index is -0.967. The predicted molar refractivity (Wildman–Crippen MR) is 129 cm³/mol. The molecule has 0 saturated heterocycles. The van der Waals surface area contributed by atoms with Crippen LogP contribution in [0.3, 0.4) is 0 Å². The van der Waals surface area contributed by atoms with Gasteiger partial charge >= 0.3 is 12.1 Å². The van der Waals surface area contributed by atoms with Crippen LogP contribution in [-0.2, 0) is 14.3 Å². The number of hydrogen-bond acceptors (Lipinski definition) is 4. The molecule has 1 unspecified atom stereocenters. The van der Waals surface area contributed by atoms with E-state index in [-0.39, 0.29) is 30.4 Å². The van der Waals surface area contributed by atoms with Crippen LogP contribution >= 0.6 is 0 Å². The molecule has 0 radical (unpaired) electrons. The van der Waals surface area contributed by atoms with Gasteiger partial charge in [0.05, 0.1) is 5.41 Å². The van der Waals surface area contributed by atoms with E-state index in [0.29, 0.717) is 18.8 Å². The molecule has 7 heteroatoms. The number of fused-ring (bicyclic) bond motifs is 4. The van der Waals surface area contributed by atoms with Gasteiger partial charge in [-0.25, -0.2) is 9.59 Å². The molecular weight excluding hydrogens is 444 g/mol. The Balaban J connectivity index is 1.04. The fraction of sp³-hybridized carbons (Fsp3) is 0.464. The van der Waals surface area contributed by atoms with E-state index >= 15 is 0 Å². The minimum absolute atomic E-state index is 0.00155. The summed E-state index contributed by atoms with van der Waals surface area (Å²) in [5.74, 6) is -0.536. The summed E-state index contributed by atoms with van der Waals surface area (Å²) in [4.78, 5) is 37.2. The van der Waals surface area contributed by atoms with Crippen LogP contribution in [0.1, 0.15) is 55.6 Å². The van der Waals surface area contributed by atoms with Crippen molar-refractivity contribution >= 4 is 18.0 Å². The SMILES string of the molecule is O=C(N[C@@H]1C[C@H]2C[C@@]2(C(=O)NC(CC2CC2)C(=O)O)C1)OCC1c2ccccc2-c2ccccc21. The molecule has 2 aromatic carbocycles. The first-order valence-electron chi connectivity index (χ1n) is 12.6. The van der Waals surface area contributed by atoms with Crippen LogP contribution in [0.2, 0.25) is 0 Å². The van der Waals surface area contributed by atoms with Crippen LogP contribution in [0.15, 0.2) is 48.5 Å². The minimum Gasteiger partial charge on any atom is -0.480 e. The maximum Gasteiger partial charge on any atom is 0.407 e. The summed E-state index contributed by atoms with van der Waals surface area (Å²) in [6.45, 7) is 0.253. The largest absolute Gasteiger partial charge is 0.480 e. The summed E-state index contributed by atoms with van der Waals surface area (Å²) in [5, 5.41) is 15.2. The number of carbonyl (C=O) groups excluding carboxylic acids is 2. The molecule has 4 aliphatic rings. The van der Waals surface area contributed by atoms with Crippen molar-refractivity contribution < 1.29 is 24.2 Å². The second-order valence-corrected chi connectivity index (χ2v) is 10.7. The molecule has 35 heavy (non-hydrogen) atoms. The summed E-state index contributed by atoms with van der Waals surface area (Å²) >= 11 is 0. The van der Waals surface area contributed by atoms with Gasteiger partial charge in [-0.3, -0.25) is 4.79 Å². The van der Waals surface area contributed by atoms with Crippen molar-refractivity contribution in [2.24, 2.45) is 17.3 Å². The Bertz CT molecular complexity index is 1150. The van der Waals surface area contributed by atoms with E-state index in [9.17, 15) is 19.5 Å². The van der Waals surface area contributed by atoms with Crippen molar-refractivity contribution in [2.75, 3.05) is 6.61 Å². The molecule has 3 N–H and O–H groups in total. The highest BCUT2D eigenvalue weighted by Crippen LogP contribution is 2.63. The third kappa shape index (κ3) is 4.07. The fourth-order valence-corrected chi connectivity index (χ4v) is 6.30. The Morgan fingerprint density at radius 1 is 1.00 bits per heavy atom. The number of amides is 2. The fourth-order valence-electron chi connectivity index (χ4n) is 6.30. The molecule has 0 bridgehead atoms. The van der Waals surface area contributed by atoms with Gasteiger partial charge in [0.1, 0.15) is 12.6 Å². The van der Waals surface area contributed by atoms with Crippen LogP contribution in [-0.4, -0.2) is 41.8 Å². The number of carboxylic acid groups (broad SMARTS) is 1. The van der Waals surface area contributed by atoms with Crippen LogP contribution < -0.4 is 10.6 Å². The molecule has 0 spiro atoms. The lowest BCUT2D eigenvalue weighted by Gasteiger charge is -2.21. The maximum absolute atomic E-state index is 13.0. The third-order valence-electron chi connectivity index (χ3n) is 8.40. The number of ether oxygens (including phenoxy) is 1. The molecule has 2 amide bonds. The lowest BCUT2D eigenvalue weighted by Crippen LogP contribution is -2.45. The summed E-state index contributed by atoms with van der Waals surface area (Å²) < 4.78 is 5.66. The summed E-state index contributed by atoms with van der Waals surface area (Å²) in [6.07, 6.45) is 4.13. The van der Waals surface area contributed by atoms with Crippen molar-refractivity contribution in [1.29, 1.82) is 0 Å². The number of benzene rings is 2. The van der Waals surface area contributed by atoms with Crippen molar-refractivity contribution in [3.8, 4) is 11.1 Å². The first kappa shape index (κ1) is 22.1. The maximum atomic E-state index is 13.0. The highest BCUT2D eigenvalue weighted by Gasteiger charge is 2.65. The number of alkyl carbamates (subject to hydrolysis) is 1. The van der Waals surface area contributed by atoms with Gasteiger partial charge in [-0.15, -0.1) is 0 Å². The Hall–Kier alpha value is -3.35.